The van der Waals surface area contributed by atoms with E-state index in [-0.39, 0.29) is 0 Å². The summed E-state index contributed by atoms with van der Waals surface area (Å²) in [5, 5.41) is 0. The Morgan fingerprint density at radius 3 is 2.00 bits per heavy atom. The lowest BCUT2D eigenvalue weighted by Crippen LogP contribution is -2.36. The number of hydrogen-bond acceptors (Lipinski definition) is 2. The smallest absolute Gasteiger partial charge is 0.259 e. The minimum atomic E-state index is -3.03. The van der Waals surface area contributed by atoms with Gasteiger partial charge in [-0.25, -0.2) is 13.2 Å². The van der Waals surface area contributed by atoms with Crippen LogP contribution in [0, 0.1) is 0 Å². The SMILES string of the molecule is CC1(C(F)C(F)F)N=CC=N1. The molecule has 1 aliphatic heterocycles. The van der Waals surface area contributed by atoms with E-state index in [0.717, 1.165) is 0 Å². The Bertz CT molecular complexity index is 188. The first-order valence-electron chi connectivity index (χ1n) is 3.07. The number of aliphatic imine (C=N–C) groups is 2. The predicted molar refractivity (Wildman–Crippen MR) is 36.3 cm³/mol. The van der Waals surface area contributed by atoms with Gasteiger partial charge in [-0.1, -0.05) is 0 Å². The monoisotopic (exact) mass is 164 g/mol. The van der Waals surface area contributed by atoms with Gasteiger partial charge in [0.2, 0.25) is 6.17 Å². The molecular weight excluding hydrogens is 157 g/mol. The standard InChI is InChI=1S/C6H7F3N2/c1-6(4(7)5(8)9)10-2-3-11-6/h2-5H,1H3. The van der Waals surface area contributed by atoms with Crippen molar-refractivity contribution in [1.29, 1.82) is 0 Å². The van der Waals surface area contributed by atoms with Crippen LogP contribution in [0.15, 0.2) is 9.98 Å². The van der Waals surface area contributed by atoms with E-state index in [2.05, 4.69) is 9.98 Å². The fourth-order valence-corrected chi connectivity index (χ4v) is 0.783. The normalized spacial score (nSPS) is 23.0. The summed E-state index contributed by atoms with van der Waals surface area (Å²) in [5.74, 6) is 0. The minimum absolute atomic E-state index is 1.22. The third-order valence-electron chi connectivity index (χ3n) is 1.48. The summed E-state index contributed by atoms with van der Waals surface area (Å²) >= 11 is 0. The Morgan fingerprint density at radius 1 is 1.18 bits per heavy atom. The lowest BCUT2D eigenvalue weighted by Gasteiger charge is -2.20. The van der Waals surface area contributed by atoms with Crippen LogP contribution in [0.3, 0.4) is 0 Å². The lowest BCUT2D eigenvalue weighted by atomic mass is 10.1. The maximum Gasteiger partial charge on any atom is 0.273 e. The van der Waals surface area contributed by atoms with Gasteiger partial charge in [-0.05, 0) is 6.92 Å². The highest BCUT2D eigenvalue weighted by Crippen LogP contribution is 2.26. The molecule has 0 saturated heterocycles. The van der Waals surface area contributed by atoms with Gasteiger partial charge in [0.15, 0.2) is 5.66 Å². The van der Waals surface area contributed by atoms with Crippen LogP contribution < -0.4 is 0 Å². The molecule has 0 spiro atoms. The summed E-state index contributed by atoms with van der Waals surface area (Å²) < 4.78 is 36.2. The second kappa shape index (κ2) is 2.64. The maximum absolute atomic E-state index is 12.6. The van der Waals surface area contributed by atoms with Gasteiger partial charge >= 0.3 is 0 Å². The number of rotatable bonds is 2. The highest BCUT2D eigenvalue weighted by Gasteiger charge is 2.40. The number of nitrogens with zero attached hydrogens (tertiary/aromatic N) is 2. The molecule has 0 radical (unpaired) electrons. The number of hydrogen-bond donors (Lipinski definition) is 0. The van der Waals surface area contributed by atoms with Crippen LogP contribution in [0.5, 0.6) is 0 Å². The van der Waals surface area contributed by atoms with Crippen molar-refractivity contribution in [3.05, 3.63) is 0 Å². The van der Waals surface area contributed by atoms with Crippen LogP contribution in [0.2, 0.25) is 0 Å². The molecule has 1 unspecified atom stereocenters. The molecule has 0 saturated carbocycles. The van der Waals surface area contributed by atoms with Crippen molar-refractivity contribution in [3.63, 3.8) is 0 Å². The van der Waals surface area contributed by atoms with Crippen LogP contribution in [-0.2, 0) is 0 Å². The summed E-state index contributed by atoms with van der Waals surface area (Å²) in [6.07, 6.45) is -2.92. The van der Waals surface area contributed by atoms with Gasteiger partial charge in [-0.15, -0.1) is 0 Å². The van der Waals surface area contributed by atoms with Crippen LogP contribution in [0.25, 0.3) is 0 Å². The van der Waals surface area contributed by atoms with Crippen molar-refractivity contribution in [2.45, 2.75) is 25.2 Å². The zero-order valence-corrected chi connectivity index (χ0v) is 5.84. The van der Waals surface area contributed by atoms with E-state index in [1.807, 2.05) is 0 Å². The second-order valence-corrected chi connectivity index (χ2v) is 2.39. The van der Waals surface area contributed by atoms with Gasteiger partial charge in [-0.3, -0.25) is 9.98 Å². The van der Waals surface area contributed by atoms with E-state index < -0.39 is 18.3 Å². The second-order valence-electron chi connectivity index (χ2n) is 2.39. The van der Waals surface area contributed by atoms with Crippen LogP contribution in [-0.4, -0.2) is 30.7 Å². The third-order valence-corrected chi connectivity index (χ3v) is 1.48. The summed E-state index contributed by atoms with van der Waals surface area (Å²) in [5.41, 5.74) is -1.60. The van der Waals surface area contributed by atoms with Crippen molar-refractivity contribution in [1.82, 2.24) is 0 Å². The predicted octanol–water partition coefficient (Wildman–Crippen LogP) is 1.46. The van der Waals surface area contributed by atoms with Crippen LogP contribution in [0.1, 0.15) is 6.92 Å². The van der Waals surface area contributed by atoms with E-state index in [4.69, 9.17) is 0 Å². The lowest BCUT2D eigenvalue weighted by molar-refractivity contribution is 0.0137. The first-order valence-corrected chi connectivity index (χ1v) is 3.07. The van der Waals surface area contributed by atoms with Crippen LogP contribution in [0.4, 0.5) is 13.2 Å². The molecule has 1 atom stereocenters. The van der Waals surface area contributed by atoms with Crippen molar-refractivity contribution < 1.29 is 13.2 Å². The summed E-state index contributed by atoms with van der Waals surface area (Å²) in [4.78, 5) is 6.97. The largest absolute Gasteiger partial charge is 0.273 e. The third kappa shape index (κ3) is 1.41. The van der Waals surface area contributed by atoms with E-state index in [1.54, 1.807) is 0 Å². The quantitative estimate of drug-likeness (QED) is 0.590. The summed E-state index contributed by atoms with van der Waals surface area (Å²) in [6, 6.07) is 0. The molecule has 11 heavy (non-hydrogen) atoms. The first-order chi connectivity index (χ1) is 5.06. The Morgan fingerprint density at radius 2 is 1.64 bits per heavy atom. The molecule has 1 rings (SSSR count). The van der Waals surface area contributed by atoms with Gasteiger partial charge in [0.25, 0.3) is 6.43 Å². The Kier molecular flexibility index (Phi) is 1.97. The van der Waals surface area contributed by atoms with Crippen molar-refractivity contribution in [2.24, 2.45) is 9.98 Å². The molecule has 5 heteroatoms. The summed E-state index contributed by atoms with van der Waals surface area (Å²) in [7, 11) is 0. The average Bonchev–Trinajstić information content (AvgIpc) is 2.35. The van der Waals surface area contributed by atoms with Gasteiger partial charge in [-0.2, -0.15) is 0 Å². The van der Waals surface area contributed by atoms with Gasteiger partial charge in [0.05, 0.1) is 0 Å². The van der Waals surface area contributed by atoms with Crippen molar-refractivity contribution >= 4 is 12.4 Å². The van der Waals surface area contributed by atoms with Crippen LogP contribution >= 0.6 is 0 Å². The highest BCUT2D eigenvalue weighted by molar-refractivity contribution is 6.17. The maximum atomic E-state index is 12.6. The highest BCUT2D eigenvalue weighted by atomic mass is 19.3. The fourth-order valence-electron chi connectivity index (χ4n) is 0.783. The molecule has 0 fully saturated rings. The molecule has 0 aromatic heterocycles. The van der Waals surface area contributed by atoms with E-state index in [0.29, 0.717) is 0 Å². The molecule has 62 valence electrons. The van der Waals surface area contributed by atoms with E-state index in [9.17, 15) is 13.2 Å². The minimum Gasteiger partial charge on any atom is -0.259 e. The Labute approximate surface area is 61.8 Å². The zero-order valence-electron chi connectivity index (χ0n) is 5.84. The molecule has 1 aliphatic rings. The summed E-state index contributed by atoms with van der Waals surface area (Å²) in [6.45, 7) is 1.23. The molecular formula is C6H7F3N2. The Hall–Kier alpha value is -0.870. The van der Waals surface area contributed by atoms with Gasteiger partial charge in [0.1, 0.15) is 0 Å². The zero-order chi connectivity index (χ0) is 8.48. The average molecular weight is 164 g/mol. The molecule has 0 aliphatic carbocycles. The molecule has 0 amide bonds. The van der Waals surface area contributed by atoms with Crippen molar-refractivity contribution in [3.8, 4) is 0 Å². The molecule has 0 bridgehead atoms. The van der Waals surface area contributed by atoms with Crippen molar-refractivity contribution in [2.75, 3.05) is 0 Å². The topological polar surface area (TPSA) is 24.7 Å². The fraction of sp³-hybridized carbons (Fsp3) is 0.667. The molecule has 0 N–H and O–H groups in total. The number of halogens is 3. The molecule has 1 heterocycles. The Balaban J connectivity index is 2.73. The van der Waals surface area contributed by atoms with E-state index >= 15 is 0 Å². The van der Waals surface area contributed by atoms with E-state index in [1.165, 1.54) is 19.4 Å². The molecule has 0 aromatic carbocycles. The molecule has 2 nitrogen and oxygen atoms in total. The van der Waals surface area contributed by atoms with Gasteiger partial charge < -0.3 is 0 Å². The number of alkyl halides is 3. The van der Waals surface area contributed by atoms with Gasteiger partial charge in [0, 0.05) is 12.4 Å². The first kappa shape index (κ1) is 8.23. The molecule has 0 aromatic rings.